The van der Waals surface area contributed by atoms with E-state index in [4.69, 9.17) is 11.6 Å². The predicted molar refractivity (Wildman–Crippen MR) is 86.9 cm³/mol. The van der Waals surface area contributed by atoms with Crippen molar-refractivity contribution in [3.63, 3.8) is 0 Å². The molecule has 0 saturated heterocycles. The molecule has 2 rings (SSSR count). The molecule has 0 aliphatic heterocycles. The van der Waals surface area contributed by atoms with E-state index in [1.54, 1.807) is 0 Å². The average Bonchev–Trinajstić information content (AvgIpc) is 2.78. The Kier molecular flexibility index (Phi) is 5.25. The molecule has 0 fully saturated rings. The zero-order valence-corrected chi connectivity index (χ0v) is 14.7. The number of thiophene rings is 1. The molecule has 108 valence electrons. The molecular formula is C13H13BrClNO2S2. The fourth-order valence-corrected chi connectivity index (χ4v) is 5.23. The topological polar surface area (TPSA) is 46.2 Å². The molecular weight excluding hydrogens is 382 g/mol. The molecule has 1 N–H and O–H groups in total. The van der Waals surface area contributed by atoms with E-state index in [9.17, 15) is 8.42 Å². The molecule has 2 aromatic rings. The van der Waals surface area contributed by atoms with Gasteiger partial charge in [0, 0.05) is 6.54 Å². The first-order chi connectivity index (χ1) is 9.44. The number of aryl methyl sites for hydroxylation is 1. The van der Waals surface area contributed by atoms with Crippen LogP contribution < -0.4 is 4.72 Å². The van der Waals surface area contributed by atoms with Crippen molar-refractivity contribution in [2.75, 3.05) is 0 Å². The van der Waals surface area contributed by atoms with Gasteiger partial charge in [0.05, 0.1) is 8.81 Å². The molecule has 7 heteroatoms. The standard InChI is InChI=1S/C13H13BrClNO2S2/c1-2-9-5-3-4-6-10(9)8-16-20(17,18)12-7-11(15)13(14)19-12/h3-7,16H,2,8H2,1H3. The molecule has 1 heterocycles. The molecule has 20 heavy (non-hydrogen) atoms. The van der Waals surface area contributed by atoms with Crippen LogP contribution in [-0.2, 0) is 23.0 Å². The van der Waals surface area contributed by atoms with Crippen LogP contribution in [0.4, 0.5) is 0 Å². The first kappa shape index (κ1) is 16.0. The van der Waals surface area contributed by atoms with Gasteiger partial charge >= 0.3 is 0 Å². The summed E-state index contributed by atoms with van der Waals surface area (Å²) in [5, 5.41) is 0.407. The van der Waals surface area contributed by atoms with E-state index in [1.165, 1.54) is 6.07 Å². The van der Waals surface area contributed by atoms with Crippen molar-refractivity contribution in [1.82, 2.24) is 4.72 Å². The molecule has 0 radical (unpaired) electrons. The maximum atomic E-state index is 12.2. The second kappa shape index (κ2) is 6.58. The number of sulfonamides is 1. The summed E-state index contributed by atoms with van der Waals surface area (Å²) in [4.78, 5) is 0. The van der Waals surface area contributed by atoms with Gasteiger partial charge in [-0.1, -0.05) is 42.8 Å². The van der Waals surface area contributed by atoms with E-state index >= 15 is 0 Å². The molecule has 0 amide bonds. The first-order valence-electron chi connectivity index (χ1n) is 5.95. The van der Waals surface area contributed by atoms with Gasteiger partial charge < -0.3 is 0 Å². The molecule has 3 nitrogen and oxygen atoms in total. The van der Waals surface area contributed by atoms with Gasteiger partial charge in [0.1, 0.15) is 4.21 Å². The summed E-state index contributed by atoms with van der Waals surface area (Å²) in [6.07, 6.45) is 0.869. The summed E-state index contributed by atoms with van der Waals surface area (Å²) >= 11 is 10.2. The van der Waals surface area contributed by atoms with E-state index in [1.807, 2.05) is 31.2 Å². The van der Waals surface area contributed by atoms with Crippen LogP contribution in [0.2, 0.25) is 5.02 Å². The van der Waals surface area contributed by atoms with E-state index < -0.39 is 10.0 Å². The highest BCUT2D eigenvalue weighted by molar-refractivity contribution is 9.11. The fraction of sp³-hybridized carbons (Fsp3) is 0.231. The van der Waals surface area contributed by atoms with Crippen LogP contribution >= 0.6 is 38.9 Å². The minimum Gasteiger partial charge on any atom is -0.206 e. The maximum absolute atomic E-state index is 12.2. The Morgan fingerprint density at radius 1 is 1.30 bits per heavy atom. The lowest BCUT2D eigenvalue weighted by atomic mass is 10.1. The summed E-state index contributed by atoms with van der Waals surface area (Å²) in [6, 6.07) is 9.24. The lowest BCUT2D eigenvalue weighted by Crippen LogP contribution is -2.22. The first-order valence-corrected chi connectivity index (χ1v) is 9.42. The number of hydrogen-bond donors (Lipinski definition) is 1. The Labute approximate surface area is 136 Å². The Hall–Kier alpha value is -0.400. The minimum atomic E-state index is -3.53. The van der Waals surface area contributed by atoms with Gasteiger partial charge in [-0.15, -0.1) is 11.3 Å². The van der Waals surface area contributed by atoms with E-state index in [2.05, 4.69) is 20.7 Å². The zero-order chi connectivity index (χ0) is 14.8. The minimum absolute atomic E-state index is 0.211. The van der Waals surface area contributed by atoms with E-state index in [0.29, 0.717) is 8.81 Å². The van der Waals surface area contributed by atoms with E-state index in [-0.39, 0.29) is 10.8 Å². The van der Waals surface area contributed by atoms with Crippen molar-refractivity contribution in [1.29, 1.82) is 0 Å². The van der Waals surface area contributed by atoms with Crippen LogP contribution in [0.1, 0.15) is 18.1 Å². The summed E-state index contributed by atoms with van der Waals surface area (Å²) in [5.74, 6) is 0. The number of benzene rings is 1. The van der Waals surface area contributed by atoms with Gasteiger partial charge in [0.2, 0.25) is 10.0 Å². The highest BCUT2D eigenvalue weighted by Gasteiger charge is 2.19. The molecule has 0 bridgehead atoms. The van der Waals surface area contributed by atoms with Crippen molar-refractivity contribution in [3.05, 3.63) is 50.3 Å². The van der Waals surface area contributed by atoms with Crippen molar-refractivity contribution >= 4 is 48.9 Å². The molecule has 0 spiro atoms. The van der Waals surface area contributed by atoms with Gasteiger partial charge in [-0.2, -0.15) is 0 Å². The van der Waals surface area contributed by atoms with Crippen molar-refractivity contribution < 1.29 is 8.42 Å². The number of hydrogen-bond acceptors (Lipinski definition) is 3. The van der Waals surface area contributed by atoms with Crippen LogP contribution in [0.3, 0.4) is 0 Å². The van der Waals surface area contributed by atoms with Crippen LogP contribution in [-0.4, -0.2) is 8.42 Å². The summed E-state index contributed by atoms with van der Waals surface area (Å²) < 4.78 is 27.8. The molecule has 1 aromatic carbocycles. The van der Waals surface area contributed by atoms with Crippen molar-refractivity contribution in [2.24, 2.45) is 0 Å². The molecule has 0 aliphatic rings. The van der Waals surface area contributed by atoms with Gasteiger partial charge in [-0.3, -0.25) is 0 Å². The number of rotatable bonds is 5. The van der Waals surface area contributed by atoms with Gasteiger partial charge in [-0.25, -0.2) is 13.1 Å². The molecule has 0 saturated carbocycles. The summed E-state index contributed by atoms with van der Waals surface area (Å²) in [5.41, 5.74) is 2.13. The quantitative estimate of drug-likeness (QED) is 0.826. The van der Waals surface area contributed by atoms with Crippen molar-refractivity contribution in [2.45, 2.75) is 24.1 Å². The van der Waals surface area contributed by atoms with Crippen LogP contribution in [0.5, 0.6) is 0 Å². The van der Waals surface area contributed by atoms with Crippen LogP contribution in [0.15, 0.2) is 38.3 Å². The highest BCUT2D eigenvalue weighted by Crippen LogP contribution is 2.34. The van der Waals surface area contributed by atoms with Gasteiger partial charge in [0.25, 0.3) is 0 Å². The van der Waals surface area contributed by atoms with Gasteiger partial charge in [0.15, 0.2) is 0 Å². The number of halogens is 2. The fourth-order valence-electron chi connectivity index (χ4n) is 1.78. The molecule has 0 unspecified atom stereocenters. The second-order valence-electron chi connectivity index (χ2n) is 4.13. The third-order valence-electron chi connectivity index (χ3n) is 2.84. The third-order valence-corrected chi connectivity index (χ3v) is 7.19. The molecule has 0 atom stereocenters. The maximum Gasteiger partial charge on any atom is 0.250 e. The number of nitrogens with one attached hydrogen (secondary N) is 1. The zero-order valence-electron chi connectivity index (χ0n) is 10.7. The highest BCUT2D eigenvalue weighted by atomic mass is 79.9. The lowest BCUT2D eigenvalue weighted by Gasteiger charge is -2.08. The van der Waals surface area contributed by atoms with E-state index in [0.717, 1.165) is 28.9 Å². The SMILES string of the molecule is CCc1ccccc1CNS(=O)(=O)c1cc(Cl)c(Br)s1. The van der Waals surface area contributed by atoms with Gasteiger partial charge in [-0.05, 0) is 39.5 Å². The smallest absolute Gasteiger partial charge is 0.206 e. The third kappa shape index (κ3) is 3.62. The molecule has 0 aliphatic carbocycles. The summed E-state index contributed by atoms with van der Waals surface area (Å²) in [6.45, 7) is 2.32. The second-order valence-corrected chi connectivity index (χ2v) is 8.90. The van der Waals surface area contributed by atoms with Crippen LogP contribution in [0.25, 0.3) is 0 Å². The largest absolute Gasteiger partial charge is 0.250 e. The average molecular weight is 395 g/mol. The molecule has 1 aromatic heterocycles. The normalized spacial score (nSPS) is 11.8. The Balaban J connectivity index is 2.17. The van der Waals surface area contributed by atoms with Crippen LogP contribution in [0, 0.1) is 0 Å². The summed E-state index contributed by atoms with van der Waals surface area (Å²) in [7, 11) is -3.53. The Morgan fingerprint density at radius 3 is 2.50 bits per heavy atom. The monoisotopic (exact) mass is 393 g/mol. The predicted octanol–water partition coefficient (Wildman–Crippen LogP) is 4.20. The Bertz CT molecular complexity index is 693. The lowest BCUT2D eigenvalue weighted by molar-refractivity contribution is 0.583. The Morgan fingerprint density at radius 2 is 1.95 bits per heavy atom. The van der Waals surface area contributed by atoms with Crippen molar-refractivity contribution in [3.8, 4) is 0 Å².